The molecule has 0 bridgehead atoms. The summed E-state index contributed by atoms with van der Waals surface area (Å²) in [5.74, 6) is -0.155. The lowest BCUT2D eigenvalue weighted by Crippen LogP contribution is -2.21. The molecule has 29 heavy (non-hydrogen) atoms. The lowest BCUT2D eigenvalue weighted by molar-refractivity contribution is -0.115. The average Bonchev–Trinajstić information content (AvgIpc) is 3.25. The van der Waals surface area contributed by atoms with E-state index in [4.69, 9.17) is 0 Å². The van der Waals surface area contributed by atoms with Gasteiger partial charge in [0.15, 0.2) is 15.0 Å². The molecule has 3 rings (SSSR count). The molecule has 0 unspecified atom stereocenters. The molecule has 0 radical (unpaired) electrons. The Morgan fingerprint density at radius 1 is 1.24 bits per heavy atom. The quantitative estimate of drug-likeness (QED) is 0.755. The predicted octanol–water partition coefficient (Wildman–Crippen LogP) is 1.51. The van der Waals surface area contributed by atoms with Gasteiger partial charge in [0.1, 0.15) is 4.88 Å². The summed E-state index contributed by atoms with van der Waals surface area (Å²) in [5.41, 5.74) is 2.87. The van der Waals surface area contributed by atoms with Crippen LogP contribution in [0.2, 0.25) is 0 Å². The molecule has 0 spiro atoms. The first kappa shape index (κ1) is 21.4. The lowest BCUT2D eigenvalue weighted by atomic mass is 10.1. The summed E-state index contributed by atoms with van der Waals surface area (Å²) >= 11 is 1.15. The molecule has 1 N–H and O–H groups in total. The topological polar surface area (TPSA) is 114 Å². The average molecular weight is 440 g/mol. The van der Waals surface area contributed by atoms with Gasteiger partial charge in [-0.1, -0.05) is 11.3 Å². The van der Waals surface area contributed by atoms with Crippen molar-refractivity contribution < 1.29 is 18.0 Å². The molecule has 1 aliphatic heterocycles. The number of sulfone groups is 1. The minimum absolute atomic E-state index is 0.0850. The van der Waals surface area contributed by atoms with Crippen LogP contribution in [0.5, 0.6) is 0 Å². The van der Waals surface area contributed by atoms with Crippen molar-refractivity contribution in [3.05, 3.63) is 27.5 Å². The minimum atomic E-state index is -3.02. The highest BCUT2D eigenvalue weighted by molar-refractivity contribution is 7.91. The number of hydrogen-bond donors (Lipinski definition) is 1. The number of carbonyl (C=O) groups excluding carboxylic acids is 2. The van der Waals surface area contributed by atoms with Gasteiger partial charge in [-0.3, -0.25) is 14.3 Å². The van der Waals surface area contributed by atoms with E-state index < -0.39 is 9.84 Å². The number of hydrogen-bond acceptors (Lipinski definition) is 7. The maximum absolute atomic E-state index is 12.6. The van der Waals surface area contributed by atoms with Crippen molar-refractivity contribution in [2.75, 3.05) is 30.9 Å². The highest BCUT2D eigenvalue weighted by Crippen LogP contribution is 2.28. The van der Waals surface area contributed by atoms with Crippen LogP contribution in [-0.2, 0) is 21.1 Å². The van der Waals surface area contributed by atoms with Crippen molar-refractivity contribution in [1.82, 2.24) is 19.7 Å². The summed E-state index contributed by atoms with van der Waals surface area (Å²) in [5, 5.41) is 7.62. The number of amides is 2. The largest absolute Gasteiger partial charge is 0.344 e. The second-order valence-corrected chi connectivity index (χ2v) is 10.7. The molecule has 11 heteroatoms. The molecule has 2 aromatic rings. The summed E-state index contributed by atoms with van der Waals surface area (Å²) in [6, 6.07) is -0.184. The van der Waals surface area contributed by atoms with Crippen LogP contribution in [0.1, 0.15) is 44.8 Å². The standard InChI is InChI=1S/C18H25N5O4S2/c1-10-14(12(3)23(21-10)13-6-7-29(26,27)9-13)8-15(24)20-18-19-11(2)16(28-18)17(25)22(4)5/h13H,6-9H2,1-5H3,(H,19,20,24)/t13-/m0/s1. The van der Waals surface area contributed by atoms with Crippen LogP contribution < -0.4 is 5.32 Å². The van der Waals surface area contributed by atoms with E-state index in [1.807, 2.05) is 13.8 Å². The fraction of sp³-hybridized carbons (Fsp3) is 0.556. The first-order valence-electron chi connectivity index (χ1n) is 9.22. The zero-order valence-electron chi connectivity index (χ0n) is 17.1. The van der Waals surface area contributed by atoms with E-state index in [-0.39, 0.29) is 35.8 Å². The number of anilines is 1. The molecule has 1 saturated heterocycles. The third kappa shape index (κ3) is 4.50. The Morgan fingerprint density at radius 2 is 1.93 bits per heavy atom. The van der Waals surface area contributed by atoms with Gasteiger partial charge >= 0.3 is 0 Å². The van der Waals surface area contributed by atoms with Crippen molar-refractivity contribution in [2.24, 2.45) is 0 Å². The Morgan fingerprint density at radius 3 is 2.52 bits per heavy atom. The second kappa shape index (κ2) is 7.86. The van der Waals surface area contributed by atoms with Gasteiger partial charge in [0.05, 0.1) is 35.4 Å². The molecule has 2 amide bonds. The van der Waals surface area contributed by atoms with Crippen molar-refractivity contribution in [1.29, 1.82) is 0 Å². The van der Waals surface area contributed by atoms with Crippen molar-refractivity contribution >= 4 is 38.1 Å². The van der Waals surface area contributed by atoms with Crippen molar-refractivity contribution in [2.45, 2.75) is 39.7 Å². The summed E-state index contributed by atoms with van der Waals surface area (Å²) in [6.45, 7) is 5.41. The Labute approximate surface area is 174 Å². The minimum Gasteiger partial charge on any atom is -0.344 e. The highest BCUT2D eigenvalue weighted by atomic mass is 32.2. The summed E-state index contributed by atoms with van der Waals surface area (Å²) in [6.07, 6.45) is 0.643. The van der Waals surface area contributed by atoms with Gasteiger partial charge in [-0.2, -0.15) is 5.10 Å². The number of carbonyl (C=O) groups is 2. The van der Waals surface area contributed by atoms with Crippen LogP contribution >= 0.6 is 11.3 Å². The van der Waals surface area contributed by atoms with Crippen LogP contribution in [0, 0.1) is 20.8 Å². The highest BCUT2D eigenvalue weighted by Gasteiger charge is 2.31. The van der Waals surface area contributed by atoms with Gasteiger partial charge in [0, 0.05) is 25.4 Å². The lowest BCUT2D eigenvalue weighted by Gasteiger charge is -2.11. The predicted molar refractivity (Wildman–Crippen MR) is 111 cm³/mol. The van der Waals surface area contributed by atoms with Crippen LogP contribution in [0.25, 0.3) is 0 Å². The van der Waals surface area contributed by atoms with E-state index in [1.54, 1.807) is 25.7 Å². The van der Waals surface area contributed by atoms with E-state index in [0.717, 1.165) is 22.6 Å². The van der Waals surface area contributed by atoms with Gasteiger partial charge in [-0.15, -0.1) is 0 Å². The van der Waals surface area contributed by atoms with Crippen LogP contribution in [0.3, 0.4) is 0 Å². The molecule has 9 nitrogen and oxygen atoms in total. The maximum atomic E-state index is 12.6. The zero-order chi connectivity index (χ0) is 21.5. The normalized spacial score (nSPS) is 18.0. The first-order chi connectivity index (χ1) is 13.5. The van der Waals surface area contributed by atoms with Gasteiger partial charge in [-0.25, -0.2) is 13.4 Å². The summed E-state index contributed by atoms with van der Waals surface area (Å²) in [7, 11) is 0.310. The number of nitrogens with one attached hydrogen (secondary N) is 1. The number of aromatic nitrogens is 3. The third-order valence-corrected chi connectivity index (χ3v) is 7.82. The van der Waals surface area contributed by atoms with Crippen molar-refractivity contribution in [3.63, 3.8) is 0 Å². The molecule has 3 heterocycles. The molecule has 0 aromatic carbocycles. The van der Waals surface area contributed by atoms with E-state index in [2.05, 4.69) is 15.4 Å². The smallest absolute Gasteiger partial charge is 0.265 e. The SMILES string of the molecule is Cc1nc(NC(=O)Cc2c(C)nn([C@H]3CCS(=O)(=O)C3)c2C)sc1C(=O)N(C)C. The van der Waals surface area contributed by atoms with Gasteiger partial charge in [-0.05, 0) is 27.2 Å². The van der Waals surface area contributed by atoms with E-state index in [1.165, 1.54) is 4.90 Å². The second-order valence-electron chi connectivity index (χ2n) is 7.51. The molecule has 158 valence electrons. The first-order valence-corrected chi connectivity index (χ1v) is 11.9. The number of rotatable bonds is 5. The Balaban J connectivity index is 1.73. The zero-order valence-corrected chi connectivity index (χ0v) is 18.8. The van der Waals surface area contributed by atoms with Gasteiger partial charge < -0.3 is 10.2 Å². The number of aryl methyl sites for hydroxylation is 2. The van der Waals surface area contributed by atoms with Gasteiger partial charge in [0.2, 0.25) is 5.91 Å². The molecular formula is C18H25N5O4S2. The fourth-order valence-electron chi connectivity index (χ4n) is 3.45. The Hall–Kier alpha value is -2.27. The molecule has 1 aliphatic rings. The molecule has 1 fully saturated rings. The summed E-state index contributed by atoms with van der Waals surface area (Å²) < 4.78 is 25.3. The molecule has 2 aromatic heterocycles. The van der Waals surface area contributed by atoms with E-state index in [9.17, 15) is 18.0 Å². The third-order valence-electron chi connectivity index (χ3n) is 5.01. The monoisotopic (exact) mass is 439 g/mol. The fourth-order valence-corrected chi connectivity index (χ4v) is 6.15. The molecular weight excluding hydrogens is 414 g/mol. The van der Waals surface area contributed by atoms with Crippen LogP contribution in [-0.4, -0.2) is 65.5 Å². The molecule has 0 aliphatic carbocycles. The van der Waals surface area contributed by atoms with E-state index >= 15 is 0 Å². The van der Waals surface area contributed by atoms with Crippen LogP contribution in [0.15, 0.2) is 0 Å². The Kier molecular flexibility index (Phi) is 5.81. The molecule has 0 saturated carbocycles. The number of nitrogens with zero attached hydrogens (tertiary/aromatic N) is 4. The summed E-state index contributed by atoms with van der Waals surface area (Å²) in [4.78, 5) is 31.0. The Bertz CT molecular complexity index is 1070. The van der Waals surface area contributed by atoms with Crippen molar-refractivity contribution in [3.8, 4) is 0 Å². The van der Waals surface area contributed by atoms with E-state index in [0.29, 0.717) is 27.8 Å². The molecule has 1 atom stereocenters. The number of thiazole rings is 1. The maximum Gasteiger partial charge on any atom is 0.265 e. The van der Waals surface area contributed by atoms with Gasteiger partial charge in [0.25, 0.3) is 5.91 Å². The van der Waals surface area contributed by atoms with Crippen LogP contribution in [0.4, 0.5) is 5.13 Å².